The lowest BCUT2D eigenvalue weighted by molar-refractivity contribution is -0.304. The van der Waals surface area contributed by atoms with Crippen LogP contribution in [0.4, 0.5) is 18.9 Å². The van der Waals surface area contributed by atoms with E-state index in [0.29, 0.717) is 23.9 Å². The van der Waals surface area contributed by atoms with Gasteiger partial charge in [0.05, 0.1) is 11.3 Å². The van der Waals surface area contributed by atoms with Gasteiger partial charge in [-0.25, -0.2) is 0 Å². The second kappa shape index (κ2) is 8.84. The fourth-order valence-electron chi connectivity index (χ4n) is 3.15. The van der Waals surface area contributed by atoms with Gasteiger partial charge in [0.15, 0.2) is 0 Å². The van der Waals surface area contributed by atoms with Gasteiger partial charge in [-0.2, -0.15) is 5.26 Å². The zero-order valence-corrected chi connectivity index (χ0v) is 15.4. The molecule has 0 amide bonds. The molecule has 1 aliphatic heterocycles. The van der Waals surface area contributed by atoms with Crippen LogP contribution in [0.25, 0.3) is 11.0 Å². The summed E-state index contributed by atoms with van der Waals surface area (Å²) in [6.45, 7) is 4.68. The summed E-state index contributed by atoms with van der Waals surface area (Å²) in [5.41, 5.74) is 9.16. The second-order valence-corrected chi connectivity index (χ2v) is 6.54. The average molecular weight is 395 g/mol. The molecule has 0 bridgehead atoms. The van der Waals surface area contributed by atoms with Gasteiger partial charge >= 0.3 is 12.3 Å². The molecular formula is C18H20F3N5O2. The summed E-state index contributed by atoms with van der Waals surface area (Å²) in [5.74, 6) is -0.793. The number of rotatable bonds is 1. The molecule has 1 saturated heterocycles. The average Bonchev–Trinajstić information content (AvgIpc) is 2.58. The zero-order chi connectivity index (χ0) is 20.9. The monoisotopic (exact) mass is 395 g/mol. The number of anilines is 1. The van der Waals surface area contributed by atoms with E-state index in [1.807, 2.05) is 12.1 Å². The number of carbonyl (C=O) groups is 1. The van der Waals surface area contributed by atoms with Gasteiger partial charge in [-0.15, -0.1) is 13.2 Å². The number of alkyl halides is 3. The molecule has 7 nitrogen and oxygen atoms in total. The maximum atomic E-state index is 10.9. The number of fused-ring (bicyclic) bond motifs is 1. The molecule has 1 aromatic carbocycles. The normalized spacial score (nSPS) is 19.4. The molecule has 2 N–H and O–H groups in total. The minimum Gasteiger partial charge on any atom is -0.373 e. The van der Waals surface area contributed by atoms with Gasteiger partial charge in [0, 0.05) is 38.4 Å². The molecule has 0 spiro atoms. The van der Waals surface area contributed by atoms with Crippen molar-refractivity contribution in [2.75, 3.05) is 18.0 Å². The van der Waals surface area contributed by atoms with Crippen molar-refractivity contribution in [2.24, 2.45) is 11.7 Å². The van der Waals surface area contributed by atoms with E-state index < -0.39 is 12.3 Å². The van der Waals surface area contributed by atoms with E-state index in [1.165, 1.54) is 0 Å². The first-order valence-corrected chi connectivity index (χ1v) is 8.51. The van der Waals surface area contributed by atoms with Crippen molar-refractivity contribution in [1.82, 2.24) is 9.97 Å². The van der Waals surface area contributed by atoms with Crippen LogP contribution in [0.3, 0.4) is 0 Å². The van der Waals surface area contributed by atoms with Crippen LogP contribution in [0.2, 0.25) is 0 Å². The Morgan fingerprint density at radius 2 is 1.93 bits per heavy atom. The van der Waals surface area contributed by atoms with Crippen LogP contribution in [-0.2, 0) is 9.53 Å². The number of piperidine rings is 1. The molecule has 2 unspecified atom stereocenters. The lowest BCUT2D eigenvalue weighted by Gasteiger charge is -2.36. The number of hydrogen-bond donors (Lipinski definition) is 1. The summed E-state index contributed by atoms with van der Waals surface area (Å²) >= 11 is 0. The lowest BCUT2D eigenvalue weighted by atomic mass is 9.96. The number of benzene rings is 1. The van der Waals surface area contributed by atoms with Crippen LogP contribution in [-0.4, -0.2) is 41.4 Å². The zero-order valence-electron chi connectivity index (χ0n) is 15.4. The fourth-order valence-corrected chi connectivity index (χ4v) is 3.15. The predicted molar refractivity (Wildman–Crippen MR) is 96.0 cm³/mol. The summed E-state index contributed by atoms with van der Waals surface area (Å²) in [5, 5.41) is 9.17. The Bertz CT molecular complexity index is 872. The third-order valence-electron chi connectivity index (χ3n) is 4.02. The highest BCUT2D eigenvalue weighted by Gasteiger charge is 2.32. The maximum absolute atomic E-state index is 10.9. The molecule has 1 aromatic heterocycles. The SMILES string of the molecule is CC(=O)OC(F)(F)F.CC1CC(N)CN(c2ccc(C#N)c3nccnc23)C1. The number of aromatic nitrogens is 2. The second-order valence-electron chi connectivity index (χ2n) is 6.54. The van der Waals surface area contributed by atoms with Crippen LogP contribution in [0.1, 0.15) is 25.8 Å². The van der Waals surface area contributed by atoms with Crippen molar-refractivity contribution in [1.29, 1.82) is 5.26 Å². The van der Waals surface area contributed by atoms with E-state index in [9.17, 15) is 18.0 Å². The molecule has 0 radical (unpaired) electrons. The van der Waals surface area contributed by atoms with Crippen LogP contribution >= 0.6 is 0 Å². The molecule has 0 aliphatic carbocycles. The quantitative estimate of drug-likeness (QED) is 0.740. The summed E-state index contributed by atoms with van der Waals surface area (Å²) in [4.78, 5) is 20.5. The number of ether oxygens (including phenoxy) is 1. The van der Waals surface area contributed by atoms with Gasteiger partial charge in [-0.3, -0.25) is 14.8 Å². The van der Waals surface area contributed by atoms with Crippen molar-refractivity contribution < 1.29 is 22.7 Å². The van der Waals surface area contributed by atoms with E-state index in [0.717, 1.165) is 30.7 Å². The number of nitrogens with two attached hydrogens (primary N) is 1. The minimum absolute atomic E-state index is 0.182. The molecule has 2 aromatic rings. The summed E-state index contributed by atoms with van der Waals surface area (Å²) in [6, 6.07) is 6.13. The number of nitrogens with zero attached hydrogens (tertiary/aromatic N) is 4. The third kappa shape index (κ3) is 5.79. The van der Waals surface area contributed by atoms with Crippen molar-refractivity contribution in [3.63, 3.8) is 0 Å². The number of esters is 1. The summed E-state index contributed by atoms with van der Waals surface area (Å²) in [6.07, 6.45) is -0.486. The first kappa shape index (κ1) is 21.4. The van der Waals surface area contributed by atoms with Gasteiger partial charge in [0.1, 0.15) is 17.1 Å². The van der Waals surface area contributed by atoms with Crippen LogP contribution in [0.5, 0.6) is 0 Å². The highest BCUT2D eigenvalue weighted by molar-refractivity contribution is 5.92. The van der Waals surface area contributed by atoms with E-state index in [2.05, 4.69) is 32.6 Å². The maximum Gasteiger partial charge on any atom is 0.575 e. The van der Waals surface area contributed by atoms with Crippen molar-refractivity contribution in [3.8, 4) is 6.07 Å². The molecule has 150 valence electrons. The fraction of sp³-hybridized carbons (Fsp3) is 0.444. The topological polar surface area (TPSA) is 105 Å². The smallest absolute Gasteiger partial charge is 0.373 e. The molecule has 3 rings (SSSR count). The van der Waals surface area contributed by atoms with Crippen molar-refractivity contribution in [2.45, 2.75) is 32.7 Å². The standard InChI is InChI=1S/C15H17N5.C3H3F3O2/c1-10-6-12(17)9-20(8-10)13-3-2-11(7-16)14-15(13)19-5-4-18-14;1-2(7)8-3(4,5)6/h2-5,10,12H,6,8-9,17H2,1H3;1H3. The molecule has 1 aliphatic rings. The Hall–Kier alpha value is -2.93. The highest BCUT2D eigenvalue weighted by Crippen LogP contribution is 2.29. The number of halogens is 3. The van der Waals surface area contributed by atoms with E-state index in [4.69, 9.17) is 11.0 Å². The van der Waals surface area contributed by atoms with Crippen LogP contribution in [0, 0.1) is 17.2 Å². The van der Waals surface area contributed by atoms with Crippen molar-refractivity contribution in [3.05, 3.63) is 30.1 Å². The number of nitriles is 1. The molecule has 28 heavy (non-hydrogen) atoms. The Morgan fingerprint density at radius 1 is 1.29 bits per heavy atom. The Labute approximate surface area is 159 Å². The van der Waals surface area contributed by atoms with Gasteiger partial charge in [0.25, 0.3) is 0 Å². The van der Waals surface area contributed by atoms with Gasteiger partial charge in [0.2, 0.25) is 0 Å². The summed E-state index contributed by atoms with van der Waals surface area (Å²) < 4.78 is 35.4. The lowest BCUT2D eigenvalue weighted by Crippen LogP contribution is -2.46. The Kier molecular flexibility index (Phi) is 6.75. The van der Waals surface area contributed by atoms with Crippen LogP contribution in [0.15, 0.2) is 24.5 Å². The van der Waals surface area contributed by atoms with E-state index >= 15 is 0 Å². The van der Waals surface area contributed by atoms with Gasteiger partial charge in [-0.1, -0.05) is 6.92 Å². The Balaban J connectivity index is 0.000000300. The number of carbonyl (C=O) groups excluding carboxylic acids is 1. The van der Waals surface area contributed by atoms with E-state index in [1.54, 1.807) is 12.4 Å². The molecule has 1 fully saturated rings. The Morgan fingerprint density at radius 3 is 2.43 bits per heavy atom. The van der Waals surface area contributed by atoms with Gasteiger partial charge < -0.3 is 15.4 Å². The molecular weight excluding hydrogens is 375 g/mol. The van der Waals surface area contributed by atoms with Gasteiger partial charge in [-0.05, 0) is 24.5 Å². The van der Waals surface area contributed by atoms with Crippen molar-refractivity contribution >= 4 is 22.7 Å². The van der Waals surface area contributed by atoms with E-state index in [-0.39, 0.29) is 6.04 Å². The van der Waals surface area contributed by atoms with Crippen LogP contribution < -0.4 is 10.6 Å². The minimum atomic E-state index is -4.83. The largest absolute Gasteiger partial charge is 0.575 e. The molecule has 10 heteroatoms. The third-order valence-corrected chi connectivity index (χ3v) is 4.02. The molecule has 2 atom stereocenters. The number of hydrogen-bond acceptors (Lipinski definition) is 7. The highest BCUT2D eigenvalue weighted by atomic mass is 19.4. The molecule has 2 heterocycles. The first-order valence-electron chi connectivity index (χ1n) is 8.51. The molecule has 0 saturated carbocycles. The summed E-state index contributed by atoms with van der Waals surface area (Å²) in [7, 11) is 0. The predicted octanol–water partition coefficient (Wildman–Crippen LogP) is 2.74. The first-order chi connectivity index (χ1) is 13.1.